The summed E-state index contributed by atoms with van der Waals surface area (Å²) >= 11 is 1.39. The number of amides is 4. The minimum absolute atomic E-state index is 0.0807. The molecule has 0 spiro atoms. The van der Waals surface area contributed by atoms with E-state index in [1.807, 2.05) is 11.4 Å². The van der Waals surface area contributed by atoms with E-state index in [0.29, 0.717) is 11.4 Å². The molecule has 1 aromatic carbocycles. The van der Waals surface area contributed by atoms with E-state index in [1.54, 1.807) is 30.3 Å². The fourth-order valence-electron chi connectivity index (χ4n) is 2.14. The molecule has 1 saturated heterocycles. The zero-order valence-corrected chi connectivity index (χ0v) is 12.9. The van der Waals surface area contributed by atoms with Crippen LogP contribution in [0.4, 0.5) is 10.5 Å². The van der Waals surface area contributed by atoms with Crippen molar-refractivity contribution in [1.82, 2.24) is 5.32 Å². The molecule has 0 bridgehead atoms. The topological polar surface area (TPSA) is 75.7 Å². The van der Waals surface area contributed by atoms with Crippen molar-refractivity contribution in [2.75, 3.05) is 12.0 Å². The van der Waals surface area contributed by atoms with E-state index in [9.17, 15) is 14.4 Å². The third-order valence-corrected chi connectivity index (χ3v) is 4.08. The Kier molecular flexibility index (Phi) is 3.94. The van der Waals surface area contributed by atoms with Crippen molar-refractivity contribution in [2.45, 2.75) is 0 Å². The molecule has 23 heavy (non-hydrogen) atoms. The molecule has 0 aliphatic carbocycles. The molecule has 0 saturated carbocycles. The minimum atomic E-state index is -0.770. The molecule has 3 rings (SSSR count). The normalized spacial score (nSPS) is 16.7. The lowest BCUT2D eigenvalue weighted by Gasteiger charge is -2.26. The first kappa shape index (κ1) is 15.0. The molecule has 1 N–H and O–H groups in total. The number of ether oxygens (including phenoxy) is 1. The summed E-state index contributed by atoms with van der Waals surface area (Å²) in [6.45, 7) is 0. The SMILES string of the molecule is COc1ccc(N2C(=O)NC(=O)/C(=C\c3cccs3)C2=O)cc1. The molecule has 1 fully saturated rings. The molecule has 1 aromatic heterocycles. The number of methoxy groups -OCH3 is 1. The van der Waals surface area contributed by atoms with Crippen LogP contribution in [0.2, 0.25) is 0 Å². The number of carbonyl (C=O) groups excluding carboxylic acids is 3. The van der Waals surface area contributed by atoms with Gasteiger partial charge in [-0.2, -0.15) is 0 Å². The van der Waals surface area contributed by atoms with Crippen molar-refractivity contribution in [3.63, 3.8) is 0 Å². The highest BCUT2D eigenvalue weighted by Gasteiger charge is 2.36. The molecule has 7 heteroatoms. The third kappa shape index (κ3) is 2.86. The zero-order valence-electron chi connectivity index (χ0n) is 12.1. The molecule has 2 heterocycles. The molecular weight excluding hydrogens is 316 g/mol. The van der Waals surface area contributed by atoms with Crippen LogP contribution in [0.1, 0.15) is 4.88 Å². The van der Waals surface area contributed by atoms with Gasteiger partial charge in [-0.3, -0.25) is 14.9 Å². The summed E-state index contributed by atoms with van der Waals surface area (Å²) in [4.78, 5) is 38.3. The van der Waals surface area contributed by atoms with E-state index in [1.165, 1.54) is 24.5 Å². The van der Waals surface area contributed by atoms with Crippen LogP contribution < -0.4 is 15.0 Å². The van der Waals surface area contributed by atoms with Gasteiger partial charge in [-0.15, -0.1) is 11.3 Å². The number of hydrogen-bond acceptors (Lipinski definition) is 5. The summed E-state index contributed by atoms with van der Waals surface area (Å²) in [7, 11) is 1.52. The number of nitrogens with zero attached hydrogens (tertiary/aromatic N) is 1. The number of rotatable bonds is 3. The highest BCUT2D eigenvalue weighted by Crippen LogP contribution is 2.24. The van der Waals surface area contributed by atoms with Crippen LogP contribution in [0.5, 0.6) is 5.75 Å². The second-order valence-electron chi connectivity index (χ2n) is 4.67. The van der Waals surface area contributed by atoms with Crippen LogP contribution in [0.3, 0.4) is 0 Å². The second-order valence-corrected chi connectivity index (χ2v) is 5.65. The van der Waals surface area contributed by atoms with Gasteiger partial charge in [0, 0.05) is 4.88 Å². The average Bonchev–Trinajstić information content (AvgIpc) is 3.05. The average molecular weight is 328 g/mol. The van der Waals surface area contributed by atoms with E-state index in [-0.39, 0.29) is 5.57 Å². The smallest absolute Gasteiger partial charge is 0.335 e. The number of barbiturate groups is 1. The summed E-state index contributed by atoms with van der Waals surface area (Å²) in [6, 6.07) is 9.25. The number of urea groups is 1. The quantitative estimate of drug-likeness (QED) is 0.693. The monoisotopic (exact) mass is 328 g/mol. The molecule has 1 aliphatic heterocycles. The Morgan fingerprint density at radius 3 is 2.48 bits per heavy atom. The molecule has 0 radical (unpaired) electrons. The molecule has 116 valence electrons. The fourth-order valence-corrected chi connectivity index (χ4v) is 2.80. The number of thiophene rings is 1. The minimum Gasteiger partial charge on any atom is -0.497 e. The van der Waals surface area contributed by atoms with Crippen molar-refractivity contribution in [3.05, 3.63) is 52.2 Å². The van der Waals surface area contributed by atoms with Gasteiger partial charge in [0.15, 0.2) is 0 Å². The van der Waals surface area contributed by atoms with Crippen LogP contribution in [0, 0.1) is 0 Å². The molecule has 4 amide bonds. The summed E-state index contributed by atoms with van der Waals surface area (Å²) < 4.78 is 5.05. The predicted octanol–water partition coefficient (Wildman–Crippen LogP) is 2.42. The first-order chi connectivity index (χ1) is 11.1. The maximum absolute atomic E-state index is 12.6. The number of benzene rings is 1. The van der Waals surface area contributed by atoms with Crippen LogP contribution in [-0.4, -0.2) is 25.0 Å². The van der Waals surface area contributed by atoms with Crippen molar-refractivity contribution in [3.8, 4) is 5.75 Å². The van der Waals surface area contributed by atoms with Gasteiger partial charge in [0.2, 0.25) is 0 Å². The predicted molar refractivity (Wildman–Crippen MR) is 86.3 cm³/mol. The highest BCUT2D eigenvalue weighted by molar-refractivity contribution is 7.10. The number of imide groups is 2. The van der Waals surface area contributed by atoms with Gasteiger partial charge < -0.3 is 4.74 Å². The number of carbonyl (C=O) groups is 3. The lowest BCUT2D eigenvalue weighted by Crippen LogP contribution is -2.54. The van der Waals surface area contributed by atoms with Crippen LogP contribution >= 0.6 is 11.3 Å². The Hall–Kier alpha value is -2.93. The Morgan fingerprint density at radius 1 is 1.13 bits per heavy atom. The molecule has 2 aromatic rings. The summed E-state index contributed by atoms with van der Waals surface area (Å²) in [5.74, 6) is -0.750. The number of hydrogen-bond donors (Lipinski definition) is 1. The van der Waals surface area contributed by atoms with Gasteiger partial charge in [-0.05, 0) is 41.8 Å². The van der Waals surface area contributed by atoms with E-state index >= 15 is 0 Å². The maximum atomic E-state index is 12.6. The second kappa shape index (κ2) is 6.05. The van der Waals surface area contributed by atoms with Crippen molar-refractivity contribution < 1.29 is 19.1 Å². The summed E-state index contributed by atoms with van der Waals surface area (Å²) in [6.07, 6.45) is 1.48. The van der Waals surface area contributed by atoms with E-state index in [2.05, 4.69) is 5.32 Å². The lowest BCUT2D eigenvalue weighted by molar-refractivity contribution is -0.122. The Bertz CT molecular complexity index is 794. The van der Waals surface area contributed by atoms with Crippen LogP contribution in [0.25, 0.3) is 6.08 Å². The fraction of sp³-hybridized carbons (Fsp3) is 0.0625. The zero-order chi connectivity index (χ0) is 16.4. The van der Waals surface area contributed by atoms with Crippen molar-refractivity contribution in [1.29, 1.82) is 0 Å². The molecule has 0 atom stereocenters. The number of anilines is 1. The number of nitrogens with one attached hydrogen (secondary N) is 1. The van der Waals surface area contributed by atoms with Crippen molar-refractivity contribution >= 4 is 40.9 Å². The van der Waals surface area contributed by atoms with Gasteiger partial charge in [0.05, 0.1) is 12.8 Å². The highest BCUT2D eigenvalue weighted by atomic mass is 32.1. The van der Waals surface area contributed by atoms with Gasteiger partial charge in [-0.25, -0.2) is 9.69 Å². The first-order valence-corrected chi connectivity index (χ1v) is 7.57. The maximum Gasteiger partial charge on any atom is 0.335 e. The van der Waals surface area contributed by atoms with Gasteiger partial charge in [-0.1, -0.05) is 6.07 Å². The standard InChI is InChI=1S/C16H12N2O4S/c1-22-11-6-4-10(5-7-11)18-15(20)13(14(19)17-16(18)21)9-12-3-2-8-23-12/h2-9H,1H3,(H,17,19,21)/b13-9+. The largest absolute Gasteiger partial charge is 0.497 e. The first-order valence-electron chi connectivity index (χ1n) is 6.69. The van der Waals surface area contributed by atoms with Crippen LogP contribution in [0.15, 0.2) is 47.4 Å². The summed E-state index contributed by atoms with van der Waals surface area (Å²) in [5, 5.41) is 4.02. The molecule has 0 unspecified atom stereocenters. The van der Waals surface area contributed by atoms with E-state index in [4.69, 9.17) is 4.74 Å². The Labute approximate surface area is 136 Å². The molecule has 6 nitrogen and oxygen atoms in total. The molecular formula is C16H12N2O4S. The third-order valence-electron chi connectivity index (χ3n) is 3.26. The molecule has 1 aliphatic rings. The summed E-state index contributed by atoms with van der Waals surface area (Å²) in [5.41, 5.74) is 0.278. The Morgan fingerprint density at radius 2 is 1.87 bits per heavy atom. The Balaban J connectivity index is 1.98. The van der Waals surface area contributed by atoms with Gasteiger partial charge in [0.1, 0.15) is 11.3 Å². The lowest BCUT2D eigenvalue weighted by atomic mass is 10.1. The van der Waals surface area contributed by atoms with Crippen LogP contribution in [-0.2, 0) is 9.59 Å². The van der Waals surface area contributed by atoms with Gasteiger partial charge in [0.25, 0.3) is 11.8 Å². The van der Waals surface area contributed by atoms with E-state index in [0.717, 1.165) is 9.78 Å². The van der Waals surface area contributed by atoms with E-state index < -0.39 is 17.8 Å². The van der Waals surface area contributed by atoms with Gasteiger partial charge >= 0.3 is 6.03 Å². The van der Waals surface area contributed by atoms with Crippen molar-refractivity contribution in [2.24, 2.45) is 0 Å².